The van der Waals surface area contributed by atoms with Crippen molar-refractivity contribution in [2.45, 2.75) is 13.8 Å². The monoisotopic (exact) mass is 231 g/mol. The van der Waals surface area contributed by atoms with Gasteiger partial charge < -0.3 is 5.73 Å². The highest BCUT2D eigenvalue weighted by Crippen LogP contribution is 2.63. The van der Waals surface area contributed by atoms with E-state index in [0.717, 1.165) is 4.90 Å². The molecule has 17 heavy (non-hydrogen) atoms. The fourth-order valence-corrected chi connectivity index (χ4v) is 2.75. The van der Waals surface area contributed by atoms with Crippen LogP contribution in [0.4, 0.5) is 11.5 Å². The van der Waals surface area contributed by atoms with Crippen molar-refractivity contribution in [1.82, 2.24) is 4.98 Å². The number of piperidine rings is 1. The molecule has 2 unspecified atom stereocenters. The van der Waals surface area contributed by atoms with E-state index in [2.05, 4.69) is 4.98 Å². The highest BCUT2D eigenvalue weighted by molar-refractivity contribution is 6.26. The third-order valence-electron chi connectivity index (χ3n) is 3.83. The van der Waals surface area contributed by atoms with Crippen LogP contribution in [0.15, 0.2) is 18.3 Å². The second kappa shape index (κ2) is 2.85. The van der Waals surface area contributed by atoms with Crippen LogP contribution in [-0.4, -0.2) is 16.8 Å². The molecular weight excluding hydrogens is 218 g/mol. The number of carbonyl (C=O) groups is 2. The van der Waals surface area contributed by atoms with Crippen molar-refractivity contribution in [1.29, 1.82) is 0 Å². The number of pyridine rings is 1. The summed E-state index contributed by atoms with van der Waals surface area (Å²) in [5.74, 6) is -0.468. The van der Waals surface area contributed by atoms with E-state index < -0.39 is 0 Å². The standard InChI is InChI=1S/C12H13N3O2/c1-12(2)7-8(12)11(17)15(10(7)16)9-6(13)4-3-5-14-9/h3-5,7-8H,13H2,1-2H3. The second-order valence-electron chi connectivity index (χ2n) is 5.20. The van der Waals surface area contributed by atoms with Crippen LogP contribution in [0, 0.1) is 17.3 Å². The zero-order valence-corrected chi connectivity index (χ0v) is 9.68. The fourth-order valence-electron chi connectivity index (χ4n) is 2.75. The van der Waals surface area contributed by atoms with Crippen molar-refractivity contribution < 1.29 is 9.59 Å². The lowest BCUT2D eigenvalue weighted by molar-refractivity contribution is -0.125. The number of imide groups is 1. The zero-order chi connectivity index (χ0) is 12.4. The Balaban J connectivity index is 2.02. The van der Waals surface area contributed by atoms with Gasteiger partial charge in [0, 0.05) is 6.20 Å². The first-order valence-corrected chi connectivity index (χ1v) is 5.54. The summed E-state index contributed by atoms with van der Waals surface area (Å²) >= 11 is 0. The Kier molecular flexibility index (Phi) is 1.72. The van der Waals surface area contributed by atoms with E-state index in [9.17, 15) is 9.59 Å². The number of amides is 2. The SMILES string of the molecule is CC1(C)C2C(=O)N(c3ncccc3N)C(=O)C21. The minimum Gasteiger partial charge on any atom is -0.396 e. The molecule has 2 atom stereocenters. The summed E-state index contributed by atoms with van der Waals surface area (Å²) in [6, 6.07) is 3.31. The smallest absolute Gasteiger partial charge is 0.239 e. The predicted molar refractivity (Wildman–Crippen MR) is 61.9 cm³/mol. The normalized spacial score (nSPS) is 29.4. The quantitative estimate of drug-likeness (QED) is 0.725. The van der Waals surface area contributed by atoms with Crippen molar-refractivity contribution >= 4 is 23.3 Å². The molecule has 2 aliphatic rings. The summed E-state index contributed by atoms with van der Waals surface area (Å²) in [5, 5.41) is 0. The molecule has 2 N–H and O–H groups in total. The number of hydrogen-bond acceptors (Lipinski definition) is 4. The molecule has 1 aliphatic carbocycles. The highest BCUT2D eigenvalue weighted by Gasteiger charge is 2.73. The number of carbonyl (C=O) groups excluding carboxylic acids is 2. The molecule has 1 aromatic rings. The van der Waals surface area contributed by atoms with Gasteiger partial charge in [0.2, 0.25) is 11.8 Å². The molecule has 1 aromatic heterocycles. The maximum Gasteiger partial charge on any atom is 0.239 e. The average Bonchev–Trinajstić information content (AvgIpc) is 2.72. The second-order valence-corrected chi connectivity index (χ2v) is 5.20. The van der Waals surface area contributed by atoms with Crippen molar-refractivity contribution in [3.05, 3.63) is 18.3 Å². The number of hydrogen-bond donors (Lipinski definition) is 1. The van der Waals surface area contributed by atoms with Crippen molar-refractivity contribution in [3.63, 3.8) is 0 Å². The molecule has 0 bridgehead atoms. The van der Waals surface area contributed by atoms with Gasteiger partial charge in [-0.25, -0.2) is 9.88 Å². The first-order chi connectivity index (χ1) is 7.96. The number of anilines is 2. The first kappa shape index (κ1) is 10.3. The van der Waals surface area contributed by atoms with Crippen LogP contribution in [0.2, 0.25) is 0 Å². The third-order valence-corrected chi connectivity index (χ3v) is 3.83. The van der Waals surface area contributed by atoms with Gasteiger partial charge in [-0.15, -0.1) is 0 Å². The number of aromatic nitrogens is 1. The van der Waals surface area contributed by atoms with Crippen LogP contribution in [0.25, 0.3) is 0 Å². The molecule has 0 radical (unpaired) electrons. The first-order valence-electron chi connectivity index (χ1n) is 5.54. The third kappa shape index (κ3) is 1.11. The van der Waals surface area contributed by atoms with Gasteiger partial charge in [0.05, 0.1) is 17.5 Å². The van der Waals surface area contributed by atoms with E-state index in [-0.39, 0.29) is 34.9 Å². The summed E-state index contributed by atoms with van der Waals surface area (Å²) in [6.45, 7) is 3.88. The number of nitrogens with zero attached hydrogens (tertiary/aromatic N) is 2. The molecule has 3 rings (SSSR count). The van der Waals surface area contributed by atoms with Crippen LogP contribution in [0.5, 0.6) is 0 Å². The van der Waals surface area contributed by atoms with Gasteiger partial charge in [-0.1, -0.05) is 13.8 Å². The van der Waals surface area contributed by atoms with E-state index in [4.69, 9.17) is 5.73 Å². The Labute approximate surface area is 98.6 Å². The largest absolute Gasteiger partial charge is 0.396 e. The van der Waals surface area contributed by atoms with Gasteiger partial charge in [0.15, 0.2) is 5.82 Å². The lowest BCUT2D eigenvalue weighted by Gasteiger charge is -2.20. The van der Waals surface area contributed by atoms with Crippen molar-refractivity contribution in [3.8, 4) is 0 Å². The zero-order valence-electron chi connectivity index (χ0n) is 9.68. The van der Waals surface area contributed by atoms with E-state index >= 15 is 0 Å². The molecule has 2 amide bonds. The van der Waals surface area contributed by atoms with Gasteiger partial charge in [-0.05, 0) is 17.5 Å². The van der Waals surface area contributed by atoms with Crippen LogP contribution < -0.4 is 10.6 Å². The highest BCUT2D eigenvalue weighted by atomic mass is 16.2. The van der Waals surface area contributed by atoms with Crippen molar-refractivity contribution in [2.75, 3.05) is 10.6 Å². The number of rotatable bonds is 1. The molecule has 2 fully saturated rings. The van der Waals surface area contributed by atoms with Crippen LogP contribution >= 0.6 is 0 Å². The number of fused-ring (bicyclic) bond motifs is 1. The van der Waals surface area contributed by atoms with E-state index in [0.29, 0.717) is 5.69 Å². The van der Waals surface area contributed by atoms with Gasteiger partial charge in [-0.3, -0.25) is 9.59 Å². The van der Waals surface area contributed by atoms with E-state index in [1.54, 1.807) is 12.1 Å². The lowest BCUT2D eigenvalue weighted by atomic mass is 10.1. The summed E-state index contributed by atoms with van der Waals surface area (Å²) in [7, 11) is 0. The van der Waals surface area contributed by atoms with E-state index in [1.165, 1.54) is 6.20 Å². The van der Waals surface area contributed by atoms with Gasteiger partial charge in [0.1, 0.15) is 0 Å². The van der Waals surface area contributed by atoms with Crippen LogP contribution in [-0.2, 0) is 9.59 Å². The molecule has 5 nitrogen and oxygen atoms in total. The Morgan fingerprint density at radius 1 is 1.29 bits per heavy atom. The molecule has 5 heteroatoms. The van der Waals surface area contributed by atoms with Gasteiger partial charge >= 0.3 is 0 Å². The summed E-state index contributed by atoms with van der Waals surface area (Å²) in [6.07, 6.45) is 1.53. The van der Waals surface area contributed by atoms with Crippen LogP contribution in [0.1, 0.15) is 13.8 Å². The number of nitrogen functional groups attached to an aromatic ring is 1. The average molecular weight is 231 g/mol. The minimum absolute atomic E-state index is 0.171. The minimum atomic E-state index is -0.200. The predicted octanol–water partition coefficient (Wildman–Crippen LogP) is 0.809. The number of nitrogens with two attached hydrogens (primary N) is 1. The van der Waals surface area contributed by atoms with Crippen molar-refractivity contribution in [2.24, 2.45) is 17.3 Å². The maximum atomic E-state index is 12.1. The summed E-state index contributed by atoms with van der Waals surface area (Å²) in [4.78, 5) is 29.4. The molecule has 1 saturated heterocycles. The molecule has 0 aromatic carbocycles. The maximum absolute atomic E-state index is 12.1. The molecule has 0 spiro atoms. The molecule has 1 saturated carbocycles. The summed E-state index contributed by atoms with van der Waals surface area (Å²) in [5.41, 5.74) is 5.90. The van der Waals surface area contributed by atoms with Crippen LogP contribution in [0.3, 0.4) is 0 Å². The Bertz CT molecular complexity index is 514. The molecule has 88 valence electrons. The molecule has 1 aliphatic heterocycles. The molecular formula is C12H13N3O2. The van der Waals surface area contributed by atoms with Gasteiger partial charge in [-0.2, -0.15) is 0 Å². The van der Waals surface area contributed by atoms with Gasteiger partial charge in [0.25, 0.3) is 0 Å². The topological polar surface area (TPSA) is 76.3 Å². The Morgan fingerprint density at radius 3 is 2.41 bits per heavy atom. The Hall–Kier alpha value is -1.91. The fraction of sp³-hybridized carbons (Fsp3) is 0.417. The van der Waals surface area contributed by atoms with E-state index in [1.807, 2.05) is 13.8 Å². The molecule has 2 heterocycles. The Morgan fingerprint density at radius 2 is 1.88 bits per heavy atom. The summed E-state index contributed by atoms with van der Waals surface area (Å²) < 4.78 is 0. The lowest BCUT2D eigenvalue weighted by Crippen LogP contribution is -2.37.